The fraction of sp³-hybridized carbons (Fsp3) is 0.200. The number of pyridine rings is 1. The smallest absolute Gasteiger partial charge is 0.487 e. The molecule has 0 bridgehead atoms. The Morgan fingerprint density at radius 2 is 1.91 bits per heavy atom. The van der Waals surface area contributed by atoms with Crippen molar-refractivity contribution in [1.82, 2.24) is 4.98 Å². The van der Waals surface area contributed by atoms with Crippen LogP contribution in [-0.4, -0.2) is 22.4 Å². The SMILES string of the molecule is Cc1ncccc1OCc1c(OC(F)(F)F)cccc1C(=O)O. The lowest BCUT2D eigenvalue weighted by Crippen LogP contribution is -2.19. The third kappa shape index (κ3) is 4.35. The van der Waals surface area contributed by atoms with Gasteiger partial charge < -0.3 is 14.6 Å². The Morgan fingerprint density at radius 3 is 2.52 bits per heavy atom. The Bertz CT molecular complexity index is 716. The Labute approximate surface area is 129 Å². The molecule has 0 spiro atoms. The minimum Gasteiger partial charge on any atom is -0.487 e. The zero-order valence-electron chi connectivity index (χ0n) is 11.9. The number of nitrogens with zero attached hydrogens (tertiary/aromatic N) is 1. The predicted molar refractivity (Wildman–Crippen MR) is 73.4 cm³/mol. The van der Waals surface area contributed by atoms with Crippen LogP contribution < -0.4 is 9.47 Å². The molecule has 0 fully saturated rings. The number of hydrogen-bond donors (Lipinski definition) is 1. The van der Waals surface area contributed by atoms with Gasteiger partial charge in [0.05, 0.1) is 11.3 Å². The maximum atomic E-state index is 12.5. The van der Waals surface area contributed by atoms with Crippen molar-refractivity contribution in [3.05, 3.63) is 53.3 Å². The number of halogens is 3. The highest BCUT2D eigenvalue weighted by Crippen LogP contribution is 2.30. The second-order valence-corrected chi connectivity index (χ2v) is 4.51. The average molecular weight is 327 g/mol. The minimum absolute atomic E-state index is 0.208. The Hall–Kier alpha value is -2.77. The van der Waals surface area contributed by atoms with Gasteiger partial charge in [0.15, 0.2) is 0 Å². The lowest BCUT2D eigenvalue weighted by molar-refractivity contribution is -0.275. The molecule has 0 saturated heterocycles. The number of alkyl halides is 3. The molecule has 1 N–H and O–H groups in total. The lowest BCUT2D eigenvalue weighted by Gasteiger charge is -2.16. The number of benzene rings is 1. The van der Waals surface area contributed by atoms with Crippen molar-refractivity contribution in [3.63, 3.8) is 0 Å². The van der Waals surface area contributed by atoms with E-state index >= 15 is 0 Å². The van der Waals surface area contributed by atoms with Crippen LogP contribution in [-0.2, 0) is 6.61 Å². The minimum atomic E-state index is -4.93. The van der Waals surface area contributed by atoms with E-state index in [4.69, 9.17) is 9.84 Å². The molecule has 0 amide bonds. The Kier molecular flexibility index (Phi) is 4.73. The van der Waals surface area contributed by atoms with Gasteiger partial charge >= 0.3 is 12.3 Å². The van der Waals surface area contributed by atoms with Crippen LogP contribution in [0.3, 0.4) is 0 Å². The molecule has 0 atom stereocenters. The second-order valence-electron chi connectivity index (χ2n) is 4.51. The van der Waals surface area contributed by atoms with Crippen LogP contribution in [0.5, 0.6) is 11.5 Å². The van der Waals surface area contributed by atoms with Crippen molar-refractivity contribution in [2.75, 3.05) is 0 Å². The largest absolute Gasteiger partial charge is 0.573 e. The quantitative estimate of drug-likeness (QED) is 0.909. The summed E-state index contributed by atoms with van der Waals surface area (Å²) in [6.45, 7) is 1.26. The molecular weight excluding hydrogens is 315 g/mol. The molecule has 1 aromatic carbocycles. The van der Waals surface area contributed by atoms with Crippen molar-refractivity contribution in [1.29, 1.82) is 0 Å². The molecule has 5 nitrogen and oxygen atoms in total. The van der Waals surface area contributed by atoms with Crippen LogP contribution in [0.15, 0.2) is 36.5 Å². The topological polar surface area (TPSA) is 68.7 Å². The van der Waals surface area contributed by atoms with Gasteiger partial charge in [0.1, 0.15) is 18.1 Å². The molecule has 0 unspecified atom stereocenters. The zero-order valence-corrected chi connectivity index (χ0v) is 11.9. The van der Waals surface area contributed by atoms with Gasteiger partial charge in [-0.3, -0.25) is 4.98 Å². The number of aromatic nitrogens is 1. The van der Waals surface area contributed by atoms with Crippen LogP contribution in [0, 0.1) is 6.92 Å². The van der Waals surface area contributed by atoms with E-state index in [-0.39, 0.29) is 11.1 Å². The number of aryl methyl sites for hydroxylation is 1. The van der Waals surface area contributed by atoms with E-state index in [1.54, 1.807) is 19.1 Å². The Balaban J connectivity index is 2.34. The molecule has 0 aliphatic rings. The van der Waals surface area contributed by atoms with Crippen LogP contribution in [0.1, 0.15) is 21.6 Å². The number of carboxylic acid groups (broad SMARTS) is 1. The van der Waals surface area contributed by atoms with Crippen molar-refractivity contribution in [2.24, 2.45) is 0 Å². The first-order valence-electron chi connectivity index (χ1n) is 6.43. The van der Waals surface area contributed by atoms with Gasteiger partial charge in [0.25, 0.3) is 0 Å². The van der Waals surface area contributed by atoms with E-state index in [1.165, 1.54) is 18.3 Å². The van der Waals surface area contributed by atoms with Gasteiger partial charge in [-0.15, -0.1) is 13.2 Å². The summed E-state index contributed by atoms with van der Waals surface area (Å²) >= 11 is 0. The van der Waals surface area contributed by atoms with E-state index in [9.17, 15) is 18.0 Å². The van der Waals surface area contributed by atoms with E-state index < -0.39 is 24.7 Å². The maximum Gasteiger partial charge on any atom is 0.573 e. The van der Waals surface area contributed by atoms with Crippen molar-refractivity contribution in [2.45, 2.75) is 19.9 Å². The van der Waals surface area contributed by atoms with Crippen molar-refractivity contribution < 1.29 is 32.5 Å². The van der Waals surface area contributed by atoms with Crippen molar-refractivity contribution >= 4 is 5.97 Å². The highest BCUT2D eigenvalue weighted by molar-refractivity contribution is 5.90. The van der Waals surface area contributed by atoms with Gasteiger partial charge in [-0.2, -0.15) is 0 Å². The van der Waals surface area contributed by atoms with Crippen LogP contribution >= 0.6 is 0 Å². The van der Waals surface area contributed by atoms with Gasteiger partial charge in [-0.05, 0) is 31.2 Å². The molecule has 0 aliphatic heterocycles. The molecule has 0 saturated carbocycles. The summed E-state index contributed by atoms with van der Waals surface area (Å²) in [6.07, 6.45) is -3.40. The summed E-state index contributed by atoms with van der Waals surface area (Å²) in [5, 5.41) is 9.14. The molecular formula is C15H12F3NO4. The summed E-state index contributed by atoms with van der Waals surface area (Å²) in [7, 11) is 0. The number of aromatic carboxylic acids is 1. The standard InChI is InChI=1S/C15H12F3NO4/c1-9-12(6-3-7-19-9)22-8-11-10(14(20)21)4-2-5-13(11)23-15(16,17)18/h2-7H,8H2,1H3,(H,20,21). The molecule has 2 rings (SSSR count). The number of ether oxygens (including phenoxy) is 2. The normalized spacial score (nSPS) is 11.1. The Morgan fingerprint density at radius 1 is 1.22 bits per heavy atom. The highest BCUT2D eigenvalue weighted by atomic mass is 19.4. The number of rotatable bonds is 5. The summed E-state index contributed by atoms with van der Waals surface area (Å²) < 4.78 is 46.7. The predicted octanol–water partition coefficient (Wildman–Crippen LogP) is 3.57. The molecule has 8 heteroatoms. The number of carbonyl (C=O) groups is 1. The molecule has 122 valence electrons. The van der Waals surface area contributed by atoms with Crippen LogP contribution in [0.25, 0.3) is 0 Å². The molecule has 0 radical (unpaired) electrons. The highest BCUT2D eigenvalue weighted by Gasteiger charge is 2.33. The first-order valence-corrected chi connectivity index (χ1v) is 6.43. The molecule has 0 aliphatic carbocycles. The van der Waals surface area contributed by atoms with E-state index in [0.717, 1.165) is 6.07 Å². The zero-order chi connectivity index (χ0) is 17.0. The fourth-order valence-corrected chi connectivity index (χ4v) is 1.91. The molecule has 1 heterocycles. The third-order valence-electron chi connectivity index (χ3n) is 2.92. The first-order chi connectivity index (χ1) is 10.8. The van der Waals surface area contributed by atoms with Crippen LogP contribution in [0.4, 0.5) is 13.2 Å². The van der Waals surface area contributed by atoms with E-state index in [1.807, 2.05) is 0 Å². The molecule has 2 aromatic rings. The lowest BCUT2D eigenvalue weighted by atomic mass is 10.1. The van der Waals surface area contributed by atoms with E-state index in [2.05, 4.69) is 9.72 Å². The first kappa shape index (κ1) is 16.6. The number of carboxylic acids is 1. The summed E-state index contributed by atoms with van der Waals surface area (Å²) in [4.78, 5) is 15.2. The summed E-state index contributed by atoms with van der Waals surface area (Å²) in [5.74, 6) is -1.65. The van der Waals surface area contributed by atoms with Gasteiger partial charge in [0, 0.05) is 11.8 Å². The second kappa shape index (κ2) is 6.55. The summed E-state index contributed by atoms with van der Waals surface area (Å²) in [5.41, 5.74) is -0.00697. The molecule has 23 heavy (non-hydrogen) atoms. The fourth-order valence-electron chi connectivity index (χ4n) is 1.91. The molecule has 1 aromatic heterocycles. The van der Waals surface area contributed by atoms with E-state index in [0.29, 0.717) is 11.4 Å². The third-order valence-corrected chi connectivity index (χ3v) is 2.92. The monoisotopic (exact) mass is 327 g/mol. The van der Waals surface area contributed by atoms with Gasteiger partial charge in [0.2, 0.25) is 0 Å². The maximum absolute atomic E-state index is 12.5. The average Bonchev–Trinajstić information content (AvgIpc) is 2.45. The number of hydrogen-bond acceptors (Lipinski definition) is 4. The van der Waals surface area contributed by atoms with Gasteiger partial charge in [-0.25, -0.2) is 4.79 Å². The van der Waals surface area contributed by atoms with Gasteiger partial charge in [-0.1, -0.05) is 6.07 Å². The van der Waals surface area contributed by atoms with Crippen LogP contribution in [0.2, 0.25) is 0 Å². The van der Waals surface area contributed by atoms with Crippen molar-refractivity contribution in [3.8, 4) is 11.5 Å². The summed E-state index contributed by atoms with van der Waals surface area (Å²) in [6, 6.07) is 6.56.